The summed E-state index contributed by atoms with van der Waals surface area (Å²) in [5, 5.41) is 6.69. The molecule has 0 unspecified atom stereocenters. The van der Waals surface area contributed by atoms with Gasteiger partial charge in [-0.15, -0.1) is 24.0 Å². The van der Waals surface area contributed by atoms with Gasteiger partial charge in [-0.1, -0.05) is 18.2 Å². The van der Waals surface area contributed by atoms with E-state index in [1.165, 1.54) is 11.1 Å². The van der Waals surface area contributed by atoms with Crippen molar-refractivity contribution in [3.05, 3.63) is 64.1 Å². The number of fused-ring (bicyclic) bond motifs is 1. The molecule has 7 heteroatoms. The Bertz CT molecular complexity index is 835. The number of aliphatic imine (C=N–C) groups is 1. The molecule has 6 nitrogen and oxygen atoms in total. The third kappa shape index (κ3) is 6.54. The van der Waals surface area contributed by atoms with Crippen LogP contribution >= 0.6 is 24.0 Å². The number of aromatic nitrogens is 1. The summed E-state index contributed by atoms with van der Waals surface area (Å²) in [6, 6.07) is 11.7. The Morgan fingerprint density at radius 3 is 2.86 bits per heavy atom. The van der Waals surface area contributed by atoms with Crippen molar-refractivity contribution in [1.29, 1.82) is 0 Å². The standard InChI is InChI=1S/C21H28N4O2.HI/c1-22-21(23-11-3-5-14-25-13-4-2-6-20(25)26)24-12-9-17-7-8-19-18(16-17)10-15-27-19;/h2,4,6-8,13,16H,3,5,9-12,14-15H2,1H3,(H2,22,23,24);1H. The molecule has 1 aliphatic rings. The number of halogens is 1. The van der Waals surface area contributed by atoms with E-state index >= 15 is 0 Å². The fourth-order valence-corrected chi connectivity index (χ4v) is 3.20. The predicted molar refractivity (Wildman–Crippen MR) is 124 cm³/mol. The molecule has 28 heavy (non-hydrogen) atoms. The molecule has 1 aromatic heterocycles. The molecule has 0 saturated carbocycles. The summed E-state index contributed by atoms with van der Waals surface area (Å²) in [4.78, 5) is 15.9. The lowest BCUT2D eigenvalue weighted by Crippen LogP contribution is -2.38. The van der Waals surface area contributed by atoms with E-state index in [-0.39, 0.29) is 29.5 Å². The molecule has 0 fully saturated rings. The van der Waals surface area contributed by atoms with Gasteiger partial charge in [0.15, 0.2) is 5.96 Å². The fourth-order valence-electron chi connectivity index (χ4n) is 3.20. The van der Waals surface area contributed by atoms with Gasteiger partial charge in [0.2, 0.25) is 5.56 Å². The first-order chi connectivity index (χ1) is 13.3. The lowest BCUT2D eigenvalue weighted by Gasteiger charge is -2.12. The number of guanidine groups is 1. The SMILES string of the molecule is CN=C(NCCCCn1ccccc1=O)NCCc1ccc2c(c1)CCO2.I. The molecule has 2 heterocycles. The molecule has 152 valence electrons. The maximum atomic E-state index is 11.6. The highest BCUT2D eigenvalue weighted by molar-refractivity contribution is 14.0. The van der Waals surface area contributed by atoms with Crippen LogP contribution in [0.5, 0.6) is 5.75 Å². The van der Waals surface area contributed by atoms with Gasteiger partial charge in [-0.2, -0.15) is 0 Å². The van der Waals surface area contributed by atoms with E-state index in [9.17, 15) is 4.79 Å². The van der Waals surface area contributed by atoms with Crippen molar-refractivity contribution in [3.63, 3.8) is 0 Å². The number of rotatable bonds is 8. The number of ether oxygens (including phenoxy) is 1. The number of nitrogens with zero attached hydrogens (tertiary/aromatic N) is 2. The summed E-state index contributed by atoms with van der Waals surface area (Å²) in [6.45, 7) is 3.21. The molecule has 0 spiro atoms. The Morgan fingerprint density at radius 2 is 2.04 bits per heavy atom. The van der Waals surface area contributed by atoms with Crippen molar-refractivity contribution in [2.24, 2.45) is 4.99 Å². The summed E-state index contributed by atoms with van der Waals surface area (Å²) < 4.78 is 7.29. The van der Waals surface area contributed by atoms with Crippen LogP contribution in [0.2, 0.25) is 0 Å². The van der Waals surface area contributed by atoms with Crippen LogP contribution in [0.25, 0.3) is 0 Å². The van der Waals surface area contributed by atoms with Gasteiger partial charge in [0.25, 0.3) is 0 Å². The normalized spacial score (nSPS) is 12.7. The lowest BCUT2D eigenvalue weighted by atomic mass is 10.1. The second-order valence-electron chi connectivity index (χ2n) is 6.66. The average Bonchev–Trinajstić information content (AvgIpc) is 3.15. The van der Waals surface area contributed by atoms with Gasteiger partial charge in [0, 0.05) is 45.4 Å². The first-order valence-corrected chi connectivity index (χ1v) is 9.61. The van der Waals surface area contributed by atoms with E-state index in [4.69, 9.17) is 4.74 Å². The molecule has 0 amide bonds. The molecule has 0 saturated heterocycles. The minimum absolute atomic E-state index is 0. The molecular weight excluding hydrogens is 467 g/mol. The van der Waals surface area contributed by atoms with Gasteiger partial charge in [-0.3, -0.25) is 9.79 Å². The molecule has 0 atom stereocenters. The Kier molecular flexibility index (Phi) is 9.33. The molecule has 2 aromatic rings. The predicted octanol–water partition coefficient (Wildman–Crippen LogP) is 2.59. The maximum Gasteiger partial charge on any atom is 0.250 e. The van der Waals surface area contributed by atoms with Crippen LogP contribution in [0.3, 0.4) is 0 Å². The zero-order chi connectivity index (χ0) is 18.9. The molecule has 0 aliphatic carbocycles. The highest BCUT2D eigenvalue weighted by Gasteiger charge is 2.11. The molecule has 2 N–H and O–H groups in total. The molecule has 3 rings (SSSR count). The summed E-state index contributed by atoms with van der Waals surface area (Å²) in [7, 11) is 1.78. The first kappa shape index (κ1) is 22.3. The second kappa shape index (κ2) is 11.7. The zero-order valence-corrected chi connectivity index (χ0v) is 18.6. The van der Waals surface area contributed by atoms with Crippen molar-refractivity contribution in [1.82, 2.24) is 15.2 Å². The van der Waals surface area contributed by atoms with Gasteiger partial charge < -0.3 is 19.9 Å². The quantitative estimate of drug-likeness (QED) is 0.255. The van der Waals surface area contributed by atoms with E-state index < -0.39 is 0 Å². The minimum atomic E-state index is 0. The first-order valence-electron chi connectivity index (χ1n) is 9.61. The number of hydrogen-bond donors (Lipinski definition) is 2. The monoisotopic (exact) mass is 496 g/mol. The molecule has 0 bridgehead atoms. The van der Waals surface area contributed by atoms with Crippen LogP contribution in [0.15, 0.2) is 52.4 Å². The van der Waals surface area contributed by atoms with E-state index in [0.29, 0.717) is 0 Å². The molecular formula is C21H29IN4O2. The van der Waals surface area contributed by atoms with Crippen molar-refractivity contribution >= 4 is 29.9 Å². The number of aryl methyl sites for hydroxylation is 1. The third-order valence-corrected chi connectivity index (χ3v) is 4.70. The highest BCUT2D eigenvalue weighted by atomic mass is 127. The van der Waals surface area contributed by atoms with Crippen molar-refractivity contribution in [3.8, 4) is 5.75 Å². The zero-order valence-electron chi connectivity index (χ0n) is 16.3. The number of hydrogen-bond acceptors (Lipinski definition) is 3. The van der Waals surface area contributed by atoms with E-state index in [1.54, 1.807) is 23.7 Å². The molecule has 1 aromatic carbocycles. The Labute approximate surface area is 183 Å². The Hall–Kier alpha value is -2.03. The average molecular weight is 496 g/mol. The van der Waals surface area contributed by atoms with E-state index in [0.717, 1.165) is 63.6 Å². The fraction of sp³-hybridized carbons (Fsp3) is 0.429. The minimum Gasteiger partial charge on any atom is -0.493 e. The summed E-state index contributed by atoms with van der Waals surface area (Å²) in [6.07, 6.45) is 5.72. The summed E-state index contributed by atoms with van der Waals surface area (Å²) in [5.74, 6) is 1.85. The van der Waals surface area contributed by atoms with Crippen LogP contribution in [0.1, 0.15) is 24.0 Å². The van der Waals surface area contributed by atoms with Gasteiger partial charge in [0.05, 0.1) is 6.61 Å². The third-order valence-electron chi connectivity index (χ3n) is 4.70. The van der Waals surface area contributed by atoms with Crippen LogP contribution in [-0.2, 0) is 19.4 Å². The van der Waals surface area contributed by atoms with Gasteiger partial charge in [-0.05, 0) is 42.5 Å². The number of pyridine rings is 1. The Morgan fingerprint density at radius 1 is 1.18 bits per heavy atom. The summed E-state index contributed by atoms with van der Waals surface area (Å²) >= 11 is 0. The maximum absolute atomic E-state index is 11.6. The number of unbranched alkanes of at least 4 members (excludes halogenated alkanes) is 1. The number of nitrogens with one attached hydrogen (secondary N) is 2. The second-order valence-corrected chi connectivity index (χ2v) is 6.66. The van der Waals surface area contributed by atoms with E-state index in [2.05, 4.69) is 33.8 Å². The highest BCUT2D eigenvalue weighted by Crippen LogP contribution is 2.25. The van der Waals surface area contributed by atoms with Crippen LogP contribution in [0, 0.1) is 0 Å². The van der Waals surface area contributed by atoms with Crippen LogP contribution in [0.4, 0.5) is 0 Å². The van der Waals surface area contributed by atoms with Crippen LogP contribution < -0.4 is 20.9 Å². The topological polar surface area (TPSA) is 67.7 Å². The van der Waals surface area contributed by atoms with Gasteiger partial charge in [-0.25, -0.2) is 0 Å². The van der Waals surface area contributed by atoms with Crippen LogP contribution in [-0.4, -0.2) is 37.3 Å². The van der Waals surface area contributed by atoms with Crippen molar-refractivity contribution < 1.29 is 4.74 Å². The Balaban J connectivity index is 0.00000280. The molecule has 1 aliphatic heterocycles. The van der Waals surface area contributed by atoms with Crippen molar-refractivity contribution in [2.45, 2.75) is 32.2 Å². The van der Waals surface area contributed by atoms with E-state index in [1.807, 2.05) is 12.3 Å². The smallest absolute Gasteiger partial charge is 0.250 e. The van der Waals surface area contributed by atoms with Gasteiger partial charge in [0.1, 0.15) is 5.75 Å². The largest absolute Gasteiger partial charge is 0.493 e. The lowest BCUT2D eigenvalue weighted by molar-refractivity contribution is 0.357. The molecule has 0 radical (unpaired) electrons. The summed E-state index contributed by atoms with van der Waals surface area (Å²) in [5.41, 5.74) is 2.68. The van der Waals surface area contributed by atoms with Crippen molar-refractivity contribution in [2.75, 3.05) is 26.7 Å². The van der Waals surface area contributed by atoms with Gasteiger partial charge >= 0.3 is 0 Å². The number of benzene rings is 1.